The molecule has 3 heterocycles. The summed E-state index contributed by atoms with van der Waals surface area (Å²) in [4.78, 5) is 32.4. The molecule has 9 heteroatoms. The maximum absolute atomic E-state index is 13.6. The molecule has 1 aliphatic carbocycles. The van der Waals surface area contributed by atoms with Gasteiger partial charge in [0.1, 0.15) is 17.3 Å². The fourth-order valence-corrected chi connectivity index (χ4v) is 6.99. The standard InChI is InChI=1S/C34H32F2N4O2S/c1-19(2)15-27-31(32(37)41)30(26-13-14-40(33(26)39-27)18-20-3-7-23(35)8-4-20)28-11-12-29(43-28)34(42)38-17-22-6-5-21-16-24(36)9-10-25(21)22/h3-4,7-14,16,19,22H,5-6,15,17-18H2,1-2H3,(H2,37,41)(H,38,42). The molecule has 0 bridgehead atoms. The molecule has 1 atom stereocenters. The number of amides is 2. The Kier molecular flexibility index (Phi) is 7.83. The zero-order valence-corrected chi connectivity index (χ0v) is 24.8. The van der Waals surface area contributed by atoms with E-state index in [1.54, 1.807) is 24.3 Å². The Morgan fingerprint density at radius 1 is 1.07 bits per heavy atom. The van der Waals surface area contributed by atoms with Crippen LogP contribution in [0.25, 0.3) is 21.5 Å². The molecule has 0 saturated carbocycles. The summed E-state index contributed by atoms with van der Waals surface area (Å²) in [6.07, 6.45) is 4.11. The van der Waals surface area contributed by atoms with Crippen LogP contribution in [0.4, 0.5) is 8.78 Å². The molecule has 2 aromatic carbocycles. The van der Waals surface area contributed by atoms with Crippen molar-refractivity contribution in [3.63, 3.8) is 0 Å². The molecule has 1 unspecified atom stereocenters. The van der Waals surface area contributed by atoms with Crippen molar-refractivity contribution in [2.75, 3.05) is 6.54 Å². The molecule has 0 radical (unpaired) electrons. The summed E-state index contributed by atoms with van der Waals surface area (Å²) < 4.78 is 29.1. The third-order valence-corrected chi connectivity index (χ3v) is 9.09. The van der Waals surface area contributed by atoms with Crippen LogP contribution >= 0.6 is 11.3 Å². The molecule has 5 aromatic rings. The van der Waals surface area contributed by atoms with Crippen molar-refractivity contribution in [3.05, 3.63) is 111 Å². The Labute approximate surface area is 252 Å². The first-order valence-electron chi connectivity index (χ1n) is 14.4. The van der Waals surface area contributed by atoms with E-state index in [9.17, 15) is 18.4 Å². The van der Waals surface area contributed by atoms with Gasteiger partial charge in [0.2, 0.25) is 0 Å². The van der Waals surface area contributed by atoms with Crippen LogP contribution < -0.4 is 11.1 Å². The summed E-state index contributed by atoms with van der Waals surface area (Å²) in [5.74, 6) is -0.945. The van der Waals surface area contributed by atoms with Gasteiger partial charge in [-0.2, -0.15) is 0 Å². The van der Waals surface area contributed by atoms with Gasteiger partial charge in [0.15, 0.2) is 0 Å². The van der Waals surface area contributed by atoms with Gasteiger partial charge in [-0.1, -0.05) is 32.0 Å². The van der Waals surface area contributed by atoms with E-state index in [-0.39, 0.29) is 29.4 Å². The zero-order chi connectivity index (χ0) is 30.2. The summed E-state index contributed by atoms with van der Waals surface area (Å²) in [5.41, 5.74) is 11.3. The van der Waals surface area contributed by atoms with Crippen LogP contribution in [0, 0.1) is 17.6 Å². The number of primary amides is 1. The minimum absolute atomic E-state index is 0.139. The first-order chi connectivity index (χ1) is 20.7. The average Bonchev–Trinajstić information content (AvgIpc) is 3.71. The fraction of sp³-hybridized carbons (Fsp3) is 0.265. The number of nitrogens with one attached hydrogen (secondary N) is 1. The van der Waals surface area contributed by atoms with Crippen molar-refractivity contribution in [2.45, 2.75) is 45.6 Å². The lowest BCUT2D eigenvalue weighted by molar-refractivity contribution is 0.0953. The maximum Gasteiger partial charge on any atom is 0.261 e. The number of carbonyl (C=O) groups is 2. The lowest BCUT2D eigenvalue weighted by atomic mass is 9.96. The third kappa shape index (κ3) is 5.82. The first-order valence-corrected chi connectivity index (χ1v) is 15.2. The number of fused-ring (bicyclic) bond motifs is 2. The van der Waals surface area contributed by atoms with Crippen molar-refractivity contribution >= 4 is 34.2 Å². The van der Waals surface area contributed by atoms with E-state index in [4.69, 9.17) is 10.7 Å². The van der Waals surface area contributed by atoms with Crippen LogP contribution in [0.3, 0.4) is 0 Å². The third-order valence-electron chi connectivity index (χ3n) is 7.99. The molecular weight excluding hydrogens is 566 g/mol. The quantitative estimate of drug-likeness (QED) is 0.195. The van der Waals surface area contributed by atoms with E-state index in [0.717, 1.165) is 39.8 Å². The highest BCUT2D eigenvalue weighted by atomic mass is 32.1. The van der Waals surface area contributed by atoms with E-state index in [2.05, 4.69) is 19.2 Å². The number of halogens is 2. The second-order valence-electron chi connectivity index (χ2n) is 11.5. The number of aryl methyl sites for hydroxylation is 1. The van der Waals surface area contributed by atoms with Crippen molar-refractivity contribution < 1.29 is 18.4 Å². The molecule has 43 heavy (non-hydrogen) atoms. The number of hydrogen-bond acceptors (Lipinski definition) is 4. The van der Waals surface area contributed by atoms with Gasteiger partial charge in [-0.3, -0.25) is 9.59 Å². The lowest BCUT2D eigenvalue weighted by Crippen LogP contribution is -2.27. The Bertz CT molecular complexity index is 1840. The zero-order valence-electron chi connectivity index (χ0n) is 24.0. The SMILES string of the molecule is CC(C)Cc1nc2c(ccn2Cc2ccc(F)cc2)c(-c2ccc(C(=O)NCC3CCc4cc(F)ccc43)s2)c1C(N)=O. The summed E-state index contributed by atoms with van der Waals surface area (Å²) in [5, 5.41) is 3.81. The van der Waals surface area contributed by atoms with Crippen LogP contribution in [0.2, 0.25) is 0 Å². The van der Waals surface area contributed by atoms with Gasteiger partial charge in [0, 0.05) is 41.0 Å². The second kappa shape index (κ2) is 11.7. The molecule has 0 saturated heterocycles. The van der Waals surface area contributed by atoms with Gasteiger partial charge < -0.3 is 15.6 Å². The van der Waals surface area contributed by atoms with Crippen LogP contribution in [-0.2, 0) is 19.4 Å². The monoisotopic (exact) mass is 598 g/mol. The van der Waals surface area contributed by atoms with Gasteiger partial charge in [0.25, 0.3) is 11.8 Å². The molecule has 1 aliphatic rings. The van der Waals surface area contributed by atoms with E-state index in [1.165, 1.54) is 29.5 Å². The molecule has 0 aliphatic heterocycles. The number of carbonyl (C=O) groups excluding carboxylic acids is 2. The summed E-state index contributed by atoms with van der Waals surface area (Å²) in [6.45, 7) is 5.05. The Morgan fingerprint density at radius 3 is 2.58 bits per heavy atom. The second-order valence-corrected chi connectivity index (χ2v) is 12.6. The maximum atomic E-state index is 13.6. The summed E-state index contributed by atoms with van der Waals surface area (Å²) >= 11 is 1.30. The molecule has 3 aromatic heterocycles. The summed E-state index contributed by atoms with van der Waals surface area (Å²) in [6, 6.07) is 16.7. The fourth-order valence-electron chi connectivity index (χ4n) is 6.00. The number of pyridine rings is 1. The van der Waals surface area contributed by atoms with Gasteiger partial charge in [0.05, 0.1) is 16.1 Å². The molecular formula is C34H32F2N4O2S. The van der Waals surface area contributed by atoms with Crippen molar-refractivity contribution in [1.82, 2.24) is 14.9 Å². The molecule has 0 spiro atoms. The van der Waals surface area contributed by atoms with E-state index in [1.807, 2.05) is 29.0 Å². The minimum atomic E-state index is -0.568. The van der Waals surface area contributed by atoms with Crippen LogP contribution in [-0.4, -0.2) is 27.9 Å². The van der Waals surface area contributed by atoms with Crippen LogP contribution in [0.1, 0.15) is 68.6 Å². The number of nitrogens with two attached hydrogens (primary N) is 1. The highest BCUT2D eigenvalue weighted by Gasteiger charge is 2.26. The predicted molar refractivity (Wildman–Crippen MR) is 165 cm³/mol. The smallest absolute Gasteiger partial charge is 0.261 e. The minimum Gasteiger partial charge on any atom is -0.366 e. The number of thiophene rings is 1. The molecule has 3 N–H and O–H groups in total. The predicted octanol–water partition coefficient (Wildman–Crippen LogP) is 6.85. The van der Waals surface area contributed by atoms with Crippen LogP contribution in [0.15, 0.2) is 66.9 Å². The Hall–Kier alpha value is -4.37. The lowest BCUT2D eigenvalue weighted by Gasteiger charge is -2.15. The normalized spacial score (nSPS) is 14.4. The average molecular weight is 599 g/mol. The van der Waals surface area contributed by atoms with Crippen molar-refractivity contribution in [3.8, 4) is 10.4 Å². The molecule has 220 valence electrons. The molecule has 2 amide bonds. The first kappa shape index (κ1) is 28.7. The highest BCUT2D eigenvalue weighted by Crippen LogP contribution is 2.39. The van der Waals surface area contributed by atoms with Gasteiger partial charge >= 0.3 is 0 Å². The topological polar surface area (TPSA) is 90.0 Å². The number of nitrogens with zero attached hydrogens (tertiary/aromatic N) is 2. The van der Waals surface area contributed by atoms with E-state index < -0.39 is 5.91 Å². The van der Waals surface area contributed by atoms with Crippen LogP contribution in [0.5, 0.6) is 0 Å². The van der Waals surface area contributed by atoms with Crippen molar-refractivity contribution in [2.24, 2.45) is 11.7 Å². The van der Waals surface area contributed by atoms with Gasteiger partial charge in [-0.25, -0.2) is 13.8 Å². The van der Waals surface area contributed by atoms with E-state index >= 15 is 0 Å². The molecule has 6 rings (SSSR count). The largest absolute Gasteiger partial charge is 0.366 e. The number of rotatable bonds is 9. The summed E-state index contributed by atoms with van der Waals surface area (Å²) in [7, 11) is 0. The molecule has 6 nitrogen and oxygen atoms in total. The Morgan fingerprint density at radius 2 is 1.84 bits per heavy atom. The number of benzene rings is 2. The molecule has 0 fully saturated rings. The Balaban J connectivity index is 1.34. The number of hydrogen-bond donors (Lipinski definition) is 2. The van der Waals surface area contributed by atoms with Crippen molar-refractivity contribution in [1.29, 1.82) is 0 Å². The number of aromatic nitrogens is 2. The van der Waals surface area contributed by atoms with E-state index in [0.29, 0.717) is 46.9 Å². The van der Waals surface area contributed by atoms with Gasteiger partial charge in [-0.15, -0.1) is 11.3 Å². The highest BCUT2D eigenvalue weighted by molar-refractivity contribution is 7.17. The van der Waals surface area contributed by atoms with Gasteiger partial charge in [-0.05, 0) is 84.3 Å².